The number of piperidine rings is 1. The van der Waals surface area contributed by atoms with Crippen LogP contribution in [0.25, 0.3) is 0 Å². The molecule has 0 aliphatic carbocycles. The summed E-state index contributed by atoms with van der Waals surface area (Å²) in [5, 5.41) is 12.9. The number of likely N-dealkylation sites (tertiary alicyclic amines) is 1. The van der Waals surface area contributed by atoms with Crippen molar-refractivity contribution in [1.82, 2.24) is 10.2 Å². The van der Waals surface area contributed by atoms with Crippen LogP contribution in [0.1, 0.15) is 45.6 Å². The van der Waals surface area contributed by atoms with Crippen LogP contribution < -0.4 is 5.32 Å². The smallest absolute Gasteiger partial charge is 0.193 e. The maximum atomic E-state index is 9.45. The largest absolute Gasteiger partial charge is 0.396 e. The van der Waals surface area contributed by atoms with Gasteiger partial charge in [0.2, 0.25) is 0 Å². The van der Waals surface area contributed by atoms with Crippen LogP contribution in [0.5, 0.6) is 0 Å². The highest BCUT2D eigenvalue weighted by Crippen LogP contribution is 2.32. The quantitative estimate of drug-likeness (QED) is 0.644. The first-order valence-electron chi connectivity index (χ1n) is 9.16. The molecule has 2 N–H and O–H groups in total. The summed E-state index contributed by atoms with van der Waals surface area (Å²) in [6, 6.07) is 10.9. The first-order valence-corrected chi connectivity index (χ1v) is 9.16. The average Bonchev–Trinajstić information content (AvgIpc) is 2.59. The minimum Gasteiger partial charge on any atom is -0.396 e. The zero-order chi connectivity index (χ0) is 17.6. The third-order valence-electron chi connectivity index (χ3n) is 4.85. The molecule has 0 saturated carbocycles. The van der Waals surface area contributed by atoms with E-state index < -0.39 is 0 Å². The second-order valence-corrected chi connectivity index (χ2v) is 7.72. The van der Waals surface area contributed by atoms with E-state index in [9.17, 15) is 5.11 Å². The lowest BCUT2D eigenvalue weighted by atomic mass is 9.82. The van der Waals surface area contributed by atoms with E-state index in [2.05, 4.69) is 54.4 Å². The number of rotatable bonds is 5. The van der Waals surface area contributed by atoms with Gasteiger partial charge >= 0.3 is 0 Å². The van der Waals surface area contributed by atoms with Gasteiger partial charge in [-0.1, -0.05) is 51.1 Å². The van der Waals surface area contributed by atoms with Gasteiger partial charge in [-0.2, -0.15) is 0 Å². The molecule has 0 amide bonds. The van der Waals surface area contributed by atoms with Crippen LogP contribution in [0.4, 0.5) is 0 Å². The normalized spacial score (nSPS) is 22.5. The van der Waals surface area contributed by atoms with Gasteiger partial charge in [-0.3, -0.25) is 4.99 Å². The molecule has 1 heterocycles. The van der Waals surface area contributed by atoms with Gasteiger partial charge in [-0.05, 0) is 30.7 Å². The molecule has 2 rings (SSSR count). The van der Waals surface area contributed by atoms with E-state index in [1.165, 1.54) is 5.56 Å². The third kappa shape index (κ3) is 4.97. The predicted octanol–water partition coefficient (Wildman–Crippen LogP) is 3.10. The van der Waals surface area contributed by atoms with Gasteiger partial charge in [0.25, 0.3) is 0 Å². The van der Waals surface area contributed by atoms with Crippen molar-refractivity contribution >= 4 is 5.96 Å². The van der Waals surface area contributed by atoms with Gasteiger partial charge < -0.3 is 15.3 Å². The molecule has 4 nitrogen and oxygen atoms in total. The Labute approximate surface area is 147 Å². The fourth-order valence-electron chi connectivity index (χ4n) is 3.30. The van der Waals surface area contributed by atoms with Gasteiger partial charge in [-0.25, -0.2) is 0 Å². The van der Waals surface area contributed by atoms with E-state index in [0.717, 1.165) is 32.0 Å². The fourth-order valence-corrected chi connectivity index (χ4v) is 3.30. The molecule has 24 heavy (non-hydrogen) atoms. The summed E-state index contributed by atoms with van der Waals surface area (Å²) in [5.74, 6) is 2.20. The van der Waals surface area contributed by atoms with Crippen LogP contribution in [0.15, 0.2) is 35.3 Å². The molecule has 0 aromatic heterocycles. The summed E-state index contributed by atoms with van der Waals surface area (Å²) in [4.78, 5) is 7.16. The van der Waals surface area contributed by atoms with E-state index in [-0.39, 0.29) is 12.0 Å². The zero-order valence-corrected chi connectivity index (χ0v) is 15.6. The number of hydrogen-bond donors (Lipinski definition) is 2. The topological polar surface area (TPSA) is 47.9 Å². The number of nitrogens with one attached hydrogen (secondary N) is 1. The van der Waals surface area contributed by atoms with Crippen molar-refractivity contribution in [2.75, 3.05) is 32.8 Å². The first kappa shape index (κ1) is 18.8. The van der Waals surface area contributed by atoms with Crippen molar-refractivity contribution in [3.63, 3.8) is 0 Å². The molecule has 2 unspecified atom stereocenters. The number of benzene rings is 1. The van der Waals surface area contributed by atoms with Gasteiger partial charge in [0.05, 0.1) is 6.54 Å². The standard InChI is InChI=1S/C20H33N3O/c1-5-21-19(22-14-20(3,4)15-24)23-12-11-18(16(2)13-23)17-9-7-6-8-10-17/h6-10,16,18,24H,5,11-15H2,1-4H3,(H,21,22). The molecule has 0 bridgehead atoms. The molecule has 1 aliphatic heterocycles. The van der Waals surface area contributed by atoms with Gasteiger partial charge in [0.1, 0.15) is 0 Å². The van der Waals surface area contributed by atoms with Crippen LogP contribution in [0.2, 0.25) is 0 Å². The highest BCUT2D eigenvalue weighted by molar-refractivity contribution is 5.80. The number of hydrogen-bond acceptors (Lipinski definition) is 2. The van der Waals surface area contributed by atoms with Crippen LogP contribution in [-0.4, -0.2) is 48.8 Å². The highest BCUT2D eigenvalue weighted by Gasteiger charge is 2.29. The Kier molecular flexibility index (Phi) is 6.67. The Morgan fingerprint density at radius 1 is 1.33 bits per heavy atom. The molecule has 2 atom stereocenters. The summed E-state index contributed by atoms with van der Waals surface area (Å²) in [5.41, 5.74) is 1.28. The van der Waals surface area contributed by atoms with Gasteiger partial charge in [-0.15, -0.1) is 0 Å². The Morgan fingerprint density at radius 2 is 2.04 bits per heavy atom. The summed E-state index contributed by atoms with van der Waals surface area (Å²) in [6.07, 6.45) is 1.15. The lowest BCUT2D eigenvalue weighted by Gasteiger charge is -2.39. The minimum absolute atomic E-state index is 0.155. The Morgan fingerprint density at radius 3 is 2.62 bits per heavy atom. The van der Waals surface area contributed by atoms with Crippen molar-refractivity contribution in [3.8, 4) is 0 Å². The summed E-state index contributed by atoms with van der Waals surface area (Å²) >= 11 is 0. The van der Waals surface area contributed by atoms with Crippen molar-refractivity contribution < 1.29 is 5.11 Å². The molecule has 0 radical (unpaired) electrons. The second kappa shape index (κ2) is 8.52. The second-order valence-electron chi connectivity index (χ2n) is 7.72. The number of aliphatic imine (C=N–C) groups is 1. The Bertz CT molecular complexity index is 527. The molecule has 1 fully saturated rings. The first-order chi connectivity index (χ1) is 11.5. The number of nitrogens with zero attached hydrogens (tertiary/aromatic N) is 2. The number of aliphatic hydroxyl groups is 1. The molecule has 134 valence electrons. The van der Waals surface area contributed by atoms with Crippen LogP contribution in [-0.2, 0) is 0 Å². The van der Waals surface area contributed by atoms with E-state index >= 15 is 0 Å². The Hall–Kier alpha value is -1.55. The lowest BCUT2D eigenvalue weighted by Crippen LogP contribution is -2.48. The average molecular weight is 332 g/mol. The van der Waals surface area contributed by atoms with Crippen molar-refractivity contribution in [3.05, 3.63) is 35.9 Å². The molecule has 4 heteroatoms. The molecule has 1 saturated heterocycles. The maximum absolute atomic E-state index is 9.45. The SMILES string of the molecule is CCNC(=NCC(C)(C)CO)N1CCC(c2ccccc2)C(C)C1. The van der Waals surface area contributed by atoms with Crippen molar-refractivity contribution in [2.24, 2.45) is 16.3 Å². The highest BCUT2D eigenvalue weighted by atomic mass is 16.3. The van der Waals surface area contributed by atoms with Crippen LogP contribution in [0, 0.1) is 11.3 Å². The predicted molar refractivity (Wildman–Crippen MR) is 101 cm³/mol. The molecule has 1 aliphatic rings. The van der Waals surface area contributed by atoms with E-state index in [4.69, 9.17) is 4.99 Å². The van der Waals surface area contributed by atoms with Crippen LogP contribution >= 0.6 is 0 Å². The van der Waals surface area contributed by atoms with E-state index in [0.29, 0.717) is 18.4 Å². The minimum atomic E-state index is -0.172. The molecule has 1 aromatic rings. The van der Waals surface area contributed by atoms with Gasteiger partial charge in [0.15, 0.2) is 5.96 Å². The summed E-state index contributed by atoms with van der Waals surface area (Å²) in [6.45, 7) is 12.2. The fraction of sp³-hybridized carbons (Fsp3) is 0.650. The molecule has 1 aromatic carbocycles. The molecule has 0 spiro atoms. The number of aliphatic hydroxyl groups excluding tert-OH is 1. The summed E-state index contributed by atoms with van der Waals surface area (Å²) in [7, 11) is 0. The van der Waals surface area contributed by atoms with Crippen molar-refractivity contribution in [1.29, 1.82) is 0 Å². The maximum Gasteiger partial charge on any atom is 0.193 e. The molecular weight excluding hydrogens is 298 g/mol. The third-order valence-corrected chi connectivity index (χ3v) is 4.85. The van der Waals surface area contributed by atoms with E-state index in [1.807, 2.05) is 13.8 Å². The van der Waals surface area contributed by atoms with Crippen molar-refractivity contribution in [2.45, 2.75) is 40.0 Å². The zero-order valence-electron chi connectivity index (χ0n) is 15.6. The van der Waals surface area contributed by atoms with Gasteiger partial charge in [0, 0.05) is 31.7 Å². The van der Waals surface area contributed by atoms with E-state index in [1.54, 1.807) is 0 Å². The lowest BCUT2D eigenvalue weighted by molar-refractivity contribution is 0.166. The Balaban J connectivity index is 2.04. The molecular formula is C20H33N3O. The van der Waals surface area contributed by atoms with Crippen LogP contribution in [0.3, 0.4) is 0 Å². The monoisotopic (exact) mass is 331 g/mol. The number of guanidine groups is 1. The summed E-state index contributed by atoms with van der Waals surface area (Å²) < 4.78 is 0.